The summed E-state index contributed by atoms with van der Waals surface area (Å²) in [5.41, 5.74) is 0.972. The quantitative estimate of drug-likeness (QED) is 0.602. The Kier molecular flexibility index (Phi) is 5.50. The molecule has 1 unspecified atom stereocenters. The molecule has 6 nitrogen and oxygen atoms in total. The Labute approximate surface area is 175 Å². The molecule has 3 aromatic rings. The van der Waals surface area contributed by atoms with Crippen LogP contribution >= 0.6 is 11.3 Å². The predicted octanol–water partition coefficient (Wildman–Crippen LogP) is 4.36. The van der Waals surface area contributed by atoms with Crippen molar-refractivity contribution in [3.63, 3.8) is 0 Å². The van der Waals surface area contributed by atoms with Gasteiger partial charge in [0.1, 0.15) is 11.4 Å². The highest BCUT2D eigenvalue weighted by Gasteiger charge is 2.27. The number of carbonyl (C=O) groups is 1. The third kappa shape index (κ3) is 3.96. The lowest BCUT2D eigenvalue weighted by Crippen LogP contribution is -2.43. The zero-order valence-corrected chi connectivity index (χ0v) is 18.2. The van der Waals surface area contributed by atoms with Gasteiger partial charge in [-0.05, 0) is 38.0 Å². The van der Waals surface area contributed by atoms with Crippen LogP contribution in [0.2, 0.25) is 0 Å². The second kappa shape index (κ2) is 8.06. The summed E-state index contributed by atoms with van der Waals surface area (Å²) in [7, 11) is 0. The first-order valence-electron chi connectivity index (χ1n) is 10.1. The van der Waals surface area contributed by atoms with Gasteiger partial charge in [0.2, 0.25) is 0 Å². The molecule has 0 spiro atoms. The fourth-order valence-electron chi connectivity index (χ4n) is 3.60. The summed E-state index contributed by atoms with van der Waals surface area (Å²) in [5.74, 6) is 2.02. The Morgan fingerprint density at radius 1 is 1.34 bits per heavy atom. The van der Waals surface area contributed by atoms with Crippen molar-refractivity contribution in [2.24, 2.45) is 5.92 Å². The first-order chi connectivity index (χ1) is 14.0. The maximum Gasteiger partial charge on any atom is 0.264 e. The molecule has 4 rings (SSSR count). The third-order valence-corrected chi connectivity index (χ3v) is 6.15. The van der Waals surface area contributed by atoms with Crippen LogP contribution in [0.1, 0.15) is 36.1 Å². The number of nitrogens with zero attached hydrogens (tertiary/aromatic N) is 3. The van der Waals surface area contributed by atoms with Crippen LogP contribution in [0, 0.1) is 12.8 Å². The molecular weight excluding hydrogens is 386 g/mol. The maximum absolute atomic E-state index is 13.2. The van der Waals surface area contributed by atoms with Crippen LogP contribution in [-0.2, 0) is 6.54 Å². The Morgan fingerprint density at radius 2 is 2.10 bits per heavy atom. The summed E-state index contributed by atoms with van der Waals surface area (Å²) in [4.78, 5) is 16.9. The monoisotopic (exact) mass is 413 g/mol. The van der Waals surface area contributed by atoms with Crippen LogP contribution in [0.5, 0.6) is 11.5 Å². The number of thiophene rings is 1. The van der Waals surface area contributed by atoms with Gasteiger partial charge in [0.25, 0.3) is 5.91 Å². The van der Waals surface area contributed by atoms with E-state index in [4.69, 9.17) is 9.47 Å². The lowest BCUT2D eigenvalue weighted by atomic mass is 10.2. The molecule has 1 amide bonds. The number of fused-ring (bicyclic) bond motifs is 2. The van der Waals surface area contributed by atoms with Crippen molar-refractivity contribution in [2.45, 2.75) is 40.3 Å². The minimum atomic E-state index is -0.179. The van der Waals surface area contributed by atoms with Gasteiger partial charge in [0, 0.05) is 18.5 Å². The average molecular weight is 414 g/mol. The topological polar surface area (TPSA) is 56.6 Å². The SMILES string of the molecule is CCN(CC1COc2ccccc2O1)C(=O)c1cc2c(C)nn(CC(C)C)c2s1. The highest BCUT2D eigenvalue weighted by molar-refractivity contribution is 7.20. The van der Waals surface area contributed by atoms with Gasteiger partial charge in [-0.25, -0.2) is 0 Å². The van der Waals surface area contributed by atoms with Gasteiger partial charge in [-0.1, -0.05) is 26.0 Å². The predicted molar refractivity (Wildman–Crippen MR) is 115 cm³/mol. The lowest BCUT2D eigenvalue weighted by Gasteiger charge is -2.30. The molecule has 29 heavy (non-hydrogen) atoms. The molecule has 0 aliphatic carbocycles. The number of hydrogen-bond acceptors (Lipinski definition) is 5. The van der Waals surface area contributed by atoms with E-state index in [0.717, 1.165) is 38.8 Å². The van der Waals surface area contributed by atoms with Crippen LogP contribution in [0.25, 0.3) is 10.2 Å². The van der Waals surface area contributed by atoms with Crippen molar-refractivity contribution in [2.75, 3.05) is 19.7 Å². The Bertz CT molecular complexity index is 1020. The van der Waals surface area contributed by atoms with E-state index >= 15 is 0 Å². The van der Waals surface area contributed by atoms with Crippen LogP contribution in [0.4, 0.5) is 0 Å². The molecule has 0 bridgehead atoms. The van der Waals surface area contributed by atoms with E-state index in [2.05, 4.69) is 18.9 Å². The summed E-state index contributed by atoms with van der Waals surface area (Å²) in [6, 6.07) is 9.63. The molecule has 0 saturated carbocycles. The molecule has 2 aromatic heterocycles. The molecule has 0 fully saturated rings. The zero-order valence-electron chi connectivity index (χ0n) is 17.3. The molecule has 154 valence electrons. The second-order valence-corrected chi connectivity index (χ2v) is 8.86. The molecule has 1 aromatic carbocycles. The van der Waals surface area contributed by atoms with Crippen LogP contribution in [0.3, 0.4) is 0 Å². The second-order valence-electron chi connectivity index (χ2n) is 7.83. The van der Waals surface area contributed by atoms with Gasteiger partial charge in [-0.3, -0.25) is 9.48 Å². The van der Waals surface area contributed by atoms with Crippen molar-refractivity contribution in [3.05, 3.63) is 40.9 Å². The summed E-state index contributed by atoms with van der Waals surface area (Å²) >= 11 is 1.53. The van der Waals surface area contributed by atoms with Gasteiger partial charge in [0.05, 0.1) is 17.1 Å². The van der Waals surface area contributed by atoms with E-state index in [-0.39, 0.29) is 12.0 Å². The number of likely N-dealkylation sites (N-methyl/N-ethyl adjacent to an activating group) is 1. The van der Waals surface area contributed by atoms with Crippen LogP contribution in [-0.4, -0.2) is 46.4 Å². The van der Waals surface area contributed by atoms with Crippen molar-refractivity contribution in [1.82, 2.24) is 14.7 Å². The first kappa shape index (κ1) is 19.8. The molecule has 0 N–H and O–H groups in total. The maximum atomic E-state index is 13.2. The summed E-state index contributed by atoms with van der Waals surface area (Å²) in [6.45, 7) is 10.7. The van der Waals surface area contributed by atoms with E-state index in [1.54, 1.807) is 0 Å². The Hall–Kier alpha value is -2.54. The number of rotatable bonds is 6. The highest BCUT2D eigenvalue weighted by atomic mass is 32.1. The summed E-state index contributed by atoms with van der Waals surface area (Å²) < 4.78 is 13.9. The van der Waals surface area contributed by atoms with Crippen LogP contribution in [0.15, 0.2) is 30.3 Å². The minimum Gasteiger partial charge on any atom is -0.486 e. The average Bonchev–Trinajstić information content (AvgIpc) is 3.26. The molecule has 7 heteroatoms. The molecular formula is C22H27N3O3S. The van der Waals surface area contributed by atoms with Gasteiger partial charge in [0.15, 0.2) is 17.6 Å². The van der Waals surface area contributed by atoms with Gasteiger partial charge >= 0.3 is 0 Å². The molecule has 1 atom stereocenters. The number of hydrogen-bond donors (Lipinski definition) is 0. The number of amides is 1. The van der Waals surface area contributed by atoms with Crippen molar-refractivity contribution >= 4 is 27.5 Å². The van der Waals surface area contributed by atoms with Crippen molar-refractivity contribution in [3.8, 4) is 11.5 Å². The summed E-state index contributed by atoms with van der Waals surface area (Å²) in [6.07, 6.45) is -0.179. The molecule has 0 saturated heterocycles. The number of ether oxygens (including phenoxy) is 2. The van der Waals surface area contributed by atoms with Crippen molar-refractivity contribution < 1.29 is 14.3 Å². The smallest absolute Gasteiger partial charge is 0.264 e. The minimum absolute atomic E-state index is 0.0339. The molecule has 0 radical (unpaired) electrons. The van der Waals surface area contributed by atoms with E-state index in [1.165, 1.54) is 11.3 Å². The number of aryl methyl sites for hydroxylation is 1. The summed E-state index contributed by atoms with van der Waals surface area (Å²) in [5, 5.41) is 5.71. The third-order valence-electron chi connectivity index (χ3n) is 5.02. The first-order valence-corrected chi connectivity index (χ1v) is 10.9. The van der Waals surface area contributed by atoms with E-state index in [1.807, 2.05) is 53.8 Å². The van der Waals surface area contributed by atoms with E-state index < -0.39 is 0 Å². The van der Waals surface area contributed by atoms with Gasteiger partial charge < -0.3 is 14.4 Å². The Morgan fingerprint density at radius 3 is 2.83 bits per heavy atom. The molecule has 3 heterocycles. The standard InChI is InChI=1S/C22H27N3O3S/c1-5-24(12-16-13-27-18-8-6-7-9-19(18)28-16)21(26)20-10-17-15(4)23-25(11-14(2)3)22(17)29-20/h6-10,14,16H,5,11-13H2,1-4H3. The number of para-hydroxylation sites is 2. The normalized spacial score (nSPS) is 15.8. The lowest BCUT2D eigenvalue weighted by molar-refractivity contribution is 0.0478. The zero-order chi connectivity index (χ0) is 20.5. The van der Waals surface area contributed by atoms with Crippen molar-refractivity contribution in [1.29, 1.82) is 0 Å². The Balaban J connectivity index is 1.52. The highest BCUT2D eigenvalue weighted by Crippen LogP contribution is 2.32. The largest absolute Gasteiger partial charge is 0.486 e. The van der Waals surface area contributed by atoms with Gasteiger partial charge in [-0.15, -0.1) is 11.3 Å². The van der Waals surface area contributed by atoms with E-state index in [9.17, 15) is 4.79 Å². The van der Waals surface area contributed by atoms with E-state index in [0.29, 0.717) is 25.6 Å². The fraction of sp³-hybridized carbons (Fsp3) is 0.455. The number of carbonyl (C=O) groups excluding carboxylic acids is 1. The molecule has 1 aliphatic heterocycles. The number of benzene rings is 1. The molecule has 1 aliphatic rings. The fourth-order valence-corrected chi connectivity index (χ4v) is 4.74. The van der Waals surface area contributed by atoms with Crippen LogP contribution < -0.4 is 9.47 Å². The number of aromatic nitrogens is 2. The van der Waals surface area contributed by atoms with Gasteiger partial charge in [-0.2, -0.15) is 5.10 Å².